The molecule has 0 radical (unpaired) electrons. The Labute approximate surface area is 73.1 Å². The van der Waals surface area contributed by atoms with Gasteiger partial charge in [-0.25, -0.2) is 0 Å². The first-order chi connectivity index (χ1) is 5.35. The predicted molar refractivity (Wildman–Crippen MR) is 46.9 cm³/mol. The summed E-state index contributed by atoms with van der Waals surface area (Å²) in [6.07, 6.45) is 5.60. The summed E-state index contributed by atoms with van der Waals surface area (Å²) >= 11 is 5.47. The normalized spacial score (nSPS) is 11.6. The molecule has 0 amide bonds. The molecule has 0 unspecified atom stereocenters. The molecule has 2 nitrogen and oxygen atoms in total. The molecular formula is C8H15ClO2. The molecular weight excluding hydrogens is 164 g/mol. The van der Waals surface area contributed by atoms with Gasteiger partial charge in [0.1, 0.15) is 0 Å². The van der Waals surface area contributed by atoms with Crippen LogP contribution in [0.25, 0.3) is 0 Å². The molecule has 0 aliphatic carbocycles. The van der Waals surface area contributed by atoms with E-state index >= 15 is 0 Å². The molecule has 0 spiro atoms. The van der Waals surface area contributed by atoms with Crippen molar-refractivity contribution in [2.45, 2.75) is 19.1 Å². The van der Waals surface area contributed by atoms with E-state index in [0.717, 1.165) is 12.8 Å². The zero-order valence-corrected chi connectivity index (χ0v) is 7.80. The summed E-state index contributed by atoms with van der Waals surface area (Å²) in [5.74, 6) is 0.668. The largest absolute Gasteiger partial charge is 0.356 e. The first kappa shape index (κ1) is 11.0. The van der Waals surface area contributed by atoms with Crippen molar-refractivity contribution in [1.82, 2.24) is 0 Å². The molecule has 0 aliphatic rings. The number of alkyl halides is 1. The van der Waals surface area contributed by atoms with Gasteiger partial charge in [-0.15, -0.1) is 11.6 Å². The molecule has 0 rings (SSSR count). The van der Waals surface area contributed by atoms with Gasteiger partial charge in [-0.2, -0.15) is 0 Å². The zero-order valence-electron chi connectivity index (χ0n) is 7.05. The number of halogens is 1. The Morgan fingerprint density at radius 1 is 1.27 bits per heavy atom. The third kappa shape index (κ3) is 6.35. The summed E-state index contributed by atoms with van der Waals surface area (Å²) in [6.45, 7) is 0. The van der Waals surface area contributed by atoms with Crippen LogP contribution in [0.4, 0.5) is 0 Å². The van der Waals surface area contributed by atoms with Crippen LogP contribution in [-0.2, 0) is 9.47 Å². The predicted octanol–water partition coefficient (Wildman–Crippen LogP) is 2.18. The third-order valence-electron chi connectivity index (χ3n) is 1.30. The molecule has 3 heteroatoms. The third-order valence-corrected chi connectivity index (χ3v) is 1.51. The number of hydrogen-bond acceptors (Lipinski definition) is 2. The molecule has 0 bridgehead atoms. The first-order valence-electron chi connectivity index (χ1n) is 3.61. The number of ether oxygens (including phenoxy) is 2. The van der Waals surface area contributed by atoms with Crippen LogP contribution in [0.15, 0.2) is 12.2 Å². The van der Waals surface area contributed by atoms with Gasteiger partial charge in [0.25, 0.3) is 0 Å². The second kappa shape index (κ2) is 8.05. The highest BCUT2D eigenvalue weighted by Crippen LogP contribution is 1.99. The van der Waals surface area contributed by atoms with Crippen LogP contribution in [0.5, 0.6) is 0 Å². The molecule has 0 atom stereocenters. The summed E-state index contributed by atoms with van der Waals surface area (Å²) in [7, 11) is 3.26. The highest BCUT2D eigenvalue weighted by molar-refractivity contribution is 6.17. The number of allylic oxidation sites excluding steroid dienone is 1. The van der Waals surface area contributed by atoms with Gasteiger partial charge in [0.15, 0.2) is 6.29 Å². The molecule has 0 N–H and O–H groups in total. The minimum absolute atomic E-state index is 0.124. The van der Waals surface area contributed by atoms with Gasteiger partial charge in [0.2, 0.25) is 0 Å². The van der Waals surface area contributed by atoms with Crippen molar-refractivity contribution in [3.05, 3.63) is 12.2 Å². The average molecular weight is 179 g/mol. The molecule has 0 aliphatic heterocycles. The fourth-order valence-electron chi connectivity index (χ4n) is 0.677. The van der Waals surface area contributed by atoms with E-state index in [1.165, 1.54) is 0 Å². The van der Waals surface area contributed by atoms with Crippen LogP contribution in [0.1, 0.15) is 12.8 Å². The minimum atomic E-state index is -0.124. The Kier molecular flexibility index (Phi) is 8.01. The van der Waals surface area contributed by atoms with E-state index < -0.39 is 0 Å². The van der Waals surface area contributed by atoms with Gasteiger partial charge in [-0.1, -0.05) is 12.2 Å². The molecule has 0 aromatic carbocycles. The molecule has 66 valence electrons. The minimum Gasteiger partial charge on any atom is -0.356 e. The van der Waals surface area contributed by atoms with Gasteiger partial charge in [-0.3, -0.25) is 0 Å². The van der Waals surface area contributed by atoms with Crippen molar-refractivity contribution in [3.8, 4) is 0 Å². The number of hydrogen-bond donors (Lipinski definition) is 0. The lowest BCUT2D eigenvalue weighted by atomic mass is 10.3. The molecule has 0 aromatic rings. The summed E-state index contributed by atoms with van der Waals surface area (Å²) in [4.78, 5) is 0. The summed E-state index contributed by atoms with van der Waals surface area (Å²) in [5.41, 5.74) is 0. The standard InChI is InChI=1S/C8H15ClO2/c1-10-8(11-2)6-4-3-5-7-9/h3-4,8H,5-7H2,1-2H3/b4-3-. The summed E-state index contributed by atoms with van der Waals surface area (Å²) in [5, 5.41) is 0. The SMILES string of the molecule is COC(C/C=C\CCCl)OC. The fourth-order valence-corrected chi connectivity index (χ4v) is 0.803. The van der Waals surface area contributed by atoms with Crippen molar-refractivity contribution in [2.75, 3.05) is 20.1 Å². The molecule has 0 aromatic heterocycles. The number of methoxy groups -OCH3 is 2. The first-order valence-corrected chi connectivity index (χ1v) is 4.15. The van der Waals surface area contributed by atoms with Gasteiger partial charge in [-0.05, 0) is 6.42 Å². The topological polar surface area (TPSA) is 18.5 Å². The highest BCUT2D eigenvalue weighted by atomic mass is 35.5. The summed E-state index contributed by atoms with van der Waals surface area (Å²) < 4.78 is 9.95. The lowest BCUT2D eigenvalue weighted by Crippen LogP contribution is -2.10. The van der Waals surface area contributed by atoms with Crippen LogP contribution in [-0.4, -0.2) is 26.4 Å². The van der Waals surface area contributed by atoms with Gasteiger partial charge in [0, 0.05) is 26.5 Å². The number of rotatable bonds is 6. The molecule has 0 saturated carbocycles. The van der Waals surface area contributed by atoms with E-state index in [4.69, 9.17) is 21.1 Å². The van der Waals surface area contributed by atoms with Gasteiger partial charge < -0.3 is 9.47 Å². The zero-order chi connectivity index (χ0) is 8.53. The molecule has 0 saturated heterocycles. The maximum Gasteiger partial charge on any atom is 0.160 e. The molecule has 0 heterocycles. The van der Waals surface area contributed by atoms with Crippen LogP contribution in [0.3, 0.4) is 0 Å². The second-order valence-corrected chi connectivity index (χ2v) is 2.46. The molecule has 0 fully saturated rings. The van der Waals surface area contributed by atoms with Crippen LogP contribution < -0.4 is 0 Å². The Balaban J connectivity index is 3.33. The van der Waals surface area contributed by atoms with Crippen LogP contribution in [0, 0.1) is 0 Å². The quantitative estimate of drug-likeness (QED) is 0.353. The average Bonchev–Trinajstić information content (AvgIpc) is 2.05. The van der Waals surface area contributed by atoms with E-state index in [0.29, 0.717) is 5.88 Å². The van der Waals surface area contributed by atoms with Gasteiger partial charge in [0.05, 0.1) is 0 Å². The van der Waals surface area contributed by atoms with Crippen LogP contribution in [0.2, 0.25) is 0 Å². The van der Waals surface area contributed by atoms with Crippen molar-refractivity contribution < 1.29 is 9.47 Å². The Morgan fingerprint density at radius 2 is 1.91 bits per heavy atom. The highest BCUT2D eigenvalue weighted by Gasteiger charge is 1.99. The Morgan fingerprint density at radius 3 is 2.36 bits per heavy atom. The van der Waals surface area contributed by atoms with E-state index in [1.807, 2.05) is 12.2 Å². The van der Waals surface area contributed by atoms with Crippen molar-refractivity contribution >= 4 is 11.6 Å². The lowest BCUT2D eigenvalue weighted by Gasteiger charge is -2.09. The summed E-state index contributed by atoms with van der Waals surface area (Å²) in [6, 6.07) is 0. The monoisotopic (exact) mass is 178 g/mol. The maximum absolute atomic E-state index is 5.47. The smallest absolute Gasteiger partial charge is 0.160 e. The van der Waals surface area contributed by atoms with E-state index in [2.05, 4.69) is 0 Å². The van der Waals surface area contributed by atoms with E-state index in [-0.39, 0.29) is 6.29 Å². The Bertz CT molecular complexity index is 100. The van der Waals surface area contributed by atoms with Crippen molar-refractivity contribution in [1.29, 1.82) is 0 Å². The van der Waals surface area contributed by atoms with Crippen molar-refractivity contribution in [2.24, 2.45) is 0 Å². The Hall–Kier alpha value is -0.0500. The molecule has 11 heavy (non-hydrogen) atoms. The second-order valence-electron chi connectivity index (χ2n) is 2.09. The van der Waals surface area contributed by atoms with Gasteiger partial charge >= 0.3 is 0 Å². The lowest BCUT2D eigenvalue weighted by molar-refractivity contribution is -0.0986. The maximum atomic E-state index is 5.47. The van der Waals surface area contributed by atoms with E-state index in [1.54, 1.807) is 14.2 Å². The van der Waals surface area contributed by atoms with Crippen molar-refractivity contribution in [3.63, 3.8) is 0 Å². The van der Waals surface area contributed by atoms with E-state index in [9.17, 15) is 0 Å². The fraction of sp³-hybridized carbons (Fsp3) is 0.750. The van der Waals surface area contributed by atoms with Crippen LogP contribution >= 0.6 is 11.6 Å².